The maximum atomic E-state index is 13.1. The van der Waals surface area contributed by atoms with E-state index in [1.165, 1.54) is 24.3 Å². The van der Waals surface area contributed by atoms with Crippen LogP contribution in [0, 0.1) is 5.82 Å². The Bertz CT molecular complexity index is 906. The molecule has 0 bridgehead atoms. The van der Waals surface area contributed by atoms with Gasteiger partial charge >= 0.3 is 5.63 Å². The van der Waals surface area contributed by atoms with Crippen molar-refractivity contribution in [2.24, 2.45) is 0 Å². The molecule has 0 aliphatic carbocycles. The predicted octanol–water partition coefficient (Wildman–Crippen LogP) is 5.04. The first-order valence-electron chi connectivity index (χ1n) is 6.33. The van der Waals surface area contributed by atoms with Gasteiger partial charge in [0.25, 0.3) is 0 Å². The second-order valence-electron chi connectivity index (χ2n) is 4.59. The van der Waals surface area contributed by atoms with Crippen LogP contribution < -0.4 is 10.4 Å². The van der Waals surface area contributed by atoms with E-state index in [2.05, 4.69) is 31.9 Å². The molecule has 0 spiro atoms. The molecule has 112 valence electrons. The molecule has 22 heavy (non-hydrogen) atoms. The van der Waals surface area contributed by atoms with Gasteiger partial charge in [-0.2, -0.15) is 0 Å². The molecule has 2 aromatic carbocycles. The standard InChI is InChI=1S/C16H9Br2FO3/c17-10-1-3-12-9(5-16(20)22-15(12)6-10)8-21-14-4-2-11(19)7-13(14)18/h1-7H,8H2. The Kier molecular flexibility index (Phi) is 4.31. The van der Waals surface area contributed by atoms with E-state index in [-0.39, 0.29) is 12.4 Å². The molecule has 0 atom stereocenters. The summed E-state index contributed by atoms with van der Waals surface area (Å²) in [5, 5.41) is 0.793. The Labute approximate surface area is 142 Å². The van der Waals surface area contributed by atoms with Crippen molar-refractivity contribution in [1.29, 1.82) is 0 Å². The molecular formula is C16H9Br2FO3. The summed E-state index contributed by atoms with van der Waals surface area (Å²) in [6.45, 7) is 0.175. The average molecular weight is 428 g/mol. The molecule has 0 unspecified atom stereocenters. The van der Waals surface area contributed by atoms with Crippen LogP contribution in [0.5, 0.6) is 5.75 Å². The van der Waals surface area contributed by atoms with E-state index in [4.69, 9.17) is 9.15 Å². The van der Waals surface area contributed by atoms with Crippen LogP contribution in [0.25, 0.3) is 11.0 Å². The van der Waals surface area contributed by atoms with Crippen LogP contribution in [0.15, 0.2) is 60.6 Å². The Morgan fingerprint density at radius 3 is 2.68 bits per heavy atom. The highest BCUT2D eigenvalue weighted by Crippen LogP contribution is 2.27. The van der Waals surface area contributed by atoms with Crippen molar-refractivity contribution in [2.75, 3.05) is 0 Å². The summed E-state index contributed by atoms with van der Waals surface area (Å²) >= 11 is 6.58. The molecular weight excluding hydrogens is 419 g/mol. The van der Waals surface area contributed by atoms with E-state index in [1.54, 1.807) is 6.07 Å². The highest BCUT2D eigenvalue weighted by Gasteiger charge is 2.09. The first kappa shape index (κ1) is 15.2. The van der Waals surface area contributed by atoms with E-state index >= 15 is 0 Å². The predicted molar refractivity (Wildman–Crippen MR) is 88.6 cm³/mol. The Morgan fingerprint density at radius 2 is 1.91 bits per heavy atom. The van der Waals surface area contributed by atoms with Crippen molar-refractivity contribution in [3.05, 3.63) is 73.2 Å². The molecule has 0 saturated heterocycles. The maximum absolute atomic E-state index is 13.1. The van der Waals surface area contributed by atoms with Crippen molar-refractivity contribution in [3.63, 3.8) is 0 Å². The van der Waals surface area contributed by atoms with E-state index in [0.717, 1.165) is 9.86 Å². The molecule has 0 radical (unpaired) electrons. The number of halogens is 3. The number of ether oxygens (including phenoxy) is 1. The lowest BCUT2D eigenvalue weighted by Gasteiger charge is -2.10. The smallest absolute Gasteiger partial charge is 0.336 e. The van der Waals surface area contributed by atoms with Crippen LogP contribution in [-0.4, -0.2) is 0 Å². The summed E-state index contributed by atoms with van der Waals surface area (Å²) in [5.41, 5.74) is 0.746. The van der Waals surface area contributed by atoms with Crippen LogP contribution in [0.2, 0.25) is 0 Å². The summed E-state index contributed by atoms with van der Waals surface area (Å²) in [7, 11) is 0. The summed E-state index contributed by atoms with van der Waals surface area (Å²) in [6, 6.07) is 11.0. The second kappa shape index (κ2) is 6.22. The molecule has 0 aliphatic rings. The van der Waals surface area contributed by atoms with E-state index in [9.17, 15) is 9.18 Å². The van der Waals surface area contributed by atoms with Crippen LogP contribution in [0.3, 0.4) is 0 Å². The van der Waals surface area contributed by atoms with Gasteiger partial charge < -0.3 is 9.15 Å². The topological polar surface area (TPSA) is 39.4 Å². The Balaban J connectivity index is 1.95. The number of fused-ring (bicyclic) bond motifs is 1. The Morgan fingerprint density at radius 1 is 1.09 bits per heavy atom. The van der Waals surface area contributed by atoms with Gasteiger partial charge in [0.2, 0.25) is 0 Å². The maximum Gasteiger partial charge on any atom is 0.336 e. The fourth-order valence-corrected chi connectivity index (χ4v) is 2.88. The van der Waals surface area contributed by atoms with Crippen molar-refractivity contribution in [1.82, 2.24) is 0 Å². The fourth-order valence-electron chi connectivity index (χ4n) is 2.07. The van der Waals surface area contributed by atoms with Gasteiger partial charge in [0.1, 0.15) is 23.8 Å². The van der Waals surface area contributed by atoms with Gasteiger partial charge in [-0.3, -0.25) is 0 Å². The van der Waals surface area contributed by atoms with E-state index in [1.807, 2.05) is 12.1 Å². The largest absolute Gasteiger partial charge is 0.488 e. The van der Waals surface area contributed by atoms with Crippen LogP contribution in [0.4, 0.5) is 4.39 Å². The third-order valence-electron chi connectivity index (χ3n) is 3.07. The van der Waals surface area contributed by atoms with Crippen LogP contribution in [-0.2, 0) is 6.61 Å². The zero-order valence-electron chi connectivity index (χ0n) is 11.1. The molecule has 6 heteroatoms. The third kappa shape index (κ3) is 3.23. The van der Waals surface area contributed by atoms with Crippen LogP contribution in [0.1, 0.15) is 5.56 Å². The summed E-state index contributed by atoms with van der Waals surface area (Å²) in [5.74, 6) is 0.148. The number of hydrogen-bond donors (Lipinski definition) is 0. The third-order valence-corrected chi connectivity index (χ3v) is 4.18. The minimum Gasteiger partial charge on any atom is -0.488 e. The SMILES string of the molecule is O=c1cc(COc2ccc(F)cc2Br)c2ccc(Br)cc2o1. The quantitative estimate of drug-likeness (QED) is 0.550. The Hall–Kier alpha value is -1.66. The van der Waals surface area contributed by atoms with Crippen molar-refractivity contribution in [2.45, 2.75) is 6.61 Å². The minimum absolute atomic E-state index is 0.175. The lowest BCUT2D eigenvalue weighted by molar-refractivity contribution is 0.304. The van der Waals surface area contributed by atoms with E-state index in [0.29, 0.717) is 21.4 Å². The average Bonchev–Trinajstić information content (AvgIpc) is 2.45. The second-order valence-corrected chi connectivity index (χ2v) is 6.36. The molecule has 0 aliphatic heterocycles. The molecule has 3 rings (SSSR count). The fraction of sp³-hybridized carbons (Fsp3) is 0.0625. The molecule has 0 N–H and O–H groups in total. The highest BCUT2D eigenvalue weighted by atomic mass is 79.9. The summed E-state index contributed by atoms with van der Waals surface area (Å²) < 4.78 is 25.2. The monoisotopic (exact) mass is 426 g/mol. The molecule has 1 aromatic heterocycles. The molecule has 0 fully saturated rings. The van der Waals surface area contributed by atoms with Gasteiger partial charge in [0.05, 0.1) is 4.47 Å². The molecule has 0 saturated carbocycles. The van der Waals surface area contributed by atoms with Gasteiger partial charge in [-0.1, -0.05) is 15.9 Å². The van der Waals surface area contributed by atoms with Gasteiger partial charge in [0.15, 0.2) is 0 Å². The highest BCUT2D eigenvalue weighted by molar-refractivity contribution is 9.10. The van der Waals surface area contributed by atoms with Crippen molar-refractivity contribution in [3.8, 4) is 5.75 Å². The first-order chi connectivity index (χ1) is 10.5. The molecule has 1 heterocycles. The lowest BCUT2D eigenvalue weighted by atomic mass is 10.1. The van der Waals surface area contributed by atoms with Gasteiger partial charge in [-0.25, -0.2) is 9.18 Å². The number of rotatable bonds is 3. The minimum atomic E-state index is -0.442. The molecule has 0 amide bonds. The summed E-state index contributed by atoms with van der Waals surface area (Å²) in [4.78, 5) is 11.6. The van der Waals surface area contributed by atoms with Crippen molar-refractivity contribution < 1.29 is 13.5 Å². The van der Waals surface area contributed by atoms with Gasteiger partial charge in [0, 0.05) is 21.5 Å². The number of benzene rings is 2. The first-order valence-corrected chi connectivity index (χ1v) is 7.92. The zero-order valence-corrected chi connectivity index (χ0v) is 14.3. The lowest BCUT2D eigenvalue weighted by Crippen LogP contribution is -2.04. The number of hydrogen-bond acceptors (Lipinski definition) is 3. The van der Waals surface area contributed by atoms with Crippen LogP contribution >= 0.6 is 31.9 Å². The molecule has 3 aromatic rings. The zero-order chi connectivity index (χ0) is 15.7. The molecule has 3 nitrogen and oxygen atoms in total. The normalized spacial score (nSPS) is 10.9. The van der Waals surface area contributed by atoms with Gasteiger partial charge in [-0.15, -0.1) is 0 Å². The van der Waals surface area contributed by atoms with E-state index < -0.39 is 5.63 Å². The summed E-state index contributed by atoms with van der Waals surface area (Å²) in [6.07, 6.45) is 0. The van der Waals surface area contributed by atoms with Gasteiger partial charge in [-0.05, 0) is 52.3 Å². The van der Waals surface area contributed by atoms with Crippen molar-refractivity contribution >= 4 is 42.8 Å².